The van der Waals surface area contributed by atoms with Crippen LogP contribution in [-0.2, 0) is 19.1 Å². The molecule has 1 aliphatic rings. The second-order valence-electron chi connectivity index (χ2n) is 6.48. The van der Waals surface area contributed by atoms with E-state index in [1.54, 1.807) is 24.3 Å². The van der Waals surface area contributed by atoms with Crippen molar-refractivity contribution in [1.82, 2.24) is 5.32 Å². The number of carbonyl (C=O) groups is 3. The van der Waals surface area contributed by atoms with Crippen molar-refractivity contribution in [3.05, 3.63) is 42.0 Å². The number of hydrogen-bond donors (Lipinski definition) is 1. The third-order valence-corrected chi connectivity index (χ3v) is 4.54. The Bertz CT molecular complexity index is 688. The van der Waals surface area contributed by atoms with Crippen LogP contribution in [0.15, 0.2) is 36.4 Å². The molecule has 0 radical (unpaired) electrons. The van der Waals surface area contributed by atoms with Crippen molar-refractivity contribution in [2.75, 3.05) is 43.8 Å². The number of halogens is 1. The van der Waals surface area contributed by atoms with Crippen LogP contribution in [0.3, 0.4) is 0 Å². The molecular formula is C21H27ClN2O5. The number of alkyl halides is 1. The van der Waals surface area contributed by atoms with Crippen LogP contribution in [0.2, 0.25) is 0 Å². The van der Waals surface area contributed by atoms with Crippen LogP contribution in [0.1, 0.15) is 36.0 Å². The minimum atomic E-state index is -0.389. The molecule has 0 bridgehead atoms. The van der Waals surface area contributed by atoms with Gasteiger partial charge in [-0.3, -0.25) is 14.4 Å². The number of carbonyl (C=O) groups excluding carboxylic acids is 3. The summed E-state index contributed by atoms with van der Waals surface area (Å²) in [7, 11) is 0. The van der Waals surface area contributed by atoms with Gasteiger partial charge < -0.3 is 14.8 Å². The molecule has 0 fully saturated rings. The number of imide groups is 1. The lowest BCUT2D eigenvalue weighted by molar-refractivity contribution is -0.119. The topological polar surface area (TPSA) is 84.9 Å². The van der Waals surface area contributed by atoms with E-state index >= 15 is 0 Å². The minimum absolute atomic E-state index is 0.245. The molecule has 0 aliphatic carbocycles. The van der Waals surface area contributed by atoms with Crippen LogP contribution in [0.25, 0.3) is 0 Å². The molecular weight excluding hydrogens is 396 g/mol. The van der Waals surface area contributed by atoms with Crippen molar-refractivity contribution in [3.8, 4) is 0 Å². The van der Waals surface area contributed by atoms with E-state index in [1.165, 1.54) is 12.2 Å². The lowest BCUT2D eigenvalue weighted by Gasteiger charge is -2.14. The van der Waals surface area contributed by atoms with Gasteiger partial charge >= 0.3 is 0 Å². The van der Waals surface area contributed by atoms with Gasteiger partial charge in [0.2, 0.25) is 0 Å². The molecule has 8 heteroatoms. The van der Waals surface area contributed by atoms with Gasteiger partial charge in [0.15, 0.2) is 0 Å². The van der Waals surface area contributed by atoms with Gasteiger partial charge in [-0.15, -0.1) is 11.6 Å². The van der Waals surface area contributed by atoms with E-state index in [-0.39, 0.29) is 17.7 Å². The predicted molar refractivity (Wildman–Crippen MR) is 111 cm³/mol. The summed E-state index contributed by atoms with van der Waals surface area (Å²) in [5.41, 5.74) is 0.877. The largest absolute Gasteiger partial charge is 0.379 e. The van der Waals surface area contributed by atoms with Crippen molar-refractivity contribution in [3.63, 3.8) is 0 Å². The first-order valence-corrected chi connectivity index (χ1v) is 10.3. The number of ether oxygens (including phenoxy) is 2. The second kappa shape index (κ2) is 13.1. The molecule has 0 atom stereocenters. The fraction of sp³-hybridized carbons (Fsp3) is 0.476. The normalized spacial score (nSPS) is 13.3. The number of benzene rings is 1. The van der Waals surface area contributed by atoms with Crippen LogP contribution in [-0.4, -0.2) is 56.6 Å². The maximum absolute atomic E-state index is 12.1. The Kier molecular flexibility index (Phi) is 10.4. The fourth-order valence-electron chi connectivity index (χ4n) is 2.73. The Morgan fingerprint density at radius 3 is 2.14 bits per heavy atom. The highest BCUT2D eigenvalue weighted by molar-refractivity contribution is 6.28. The molecule has 1 heterocycles. The zero-order valence-corrected chi connectivity index (χ0v) is 17.2. The summed E-state index contributed by atoms with van der Waals surface area (Å²) in [5.74, 6) is -0.306. The standard InChI is InChI=1S/C21H27ClN2O5/c22-11-3-1-2-4-13-28-15-16-29-14-12-23-21(27)17-5-7-18(8-6-17)24-19(25)9-10-20(24)26/h5-10H,1-4,11-16H2,(H,23,27). The van der Waals surface area contributed by atoms with Crippen molar-refractivity contribution in [1.29, 1.82) is 0 Å². The zero-order valence-electron chi connectivity index (χ0n) is 16.4. The molecule has 0 spiro atoms. The fourth-order valence-corrected chi connectivity index (χ4v) is 2.92. The average molecular weight is 423 g/mol. The summed E-state index contributed by atoms with van der Waals surface area (Å²) in [6.07, 6.45) is 6.78. The van der Waals surface area contributed by atoms with E-state index in [0.29, 0.717) is 37.6 Å². The predicted octanol–water partition coefficient (Wildman–Crippen LogP) is 2.68. The average Bonchev–Trinajstić information content (AvgIpc) is 3.07. The SMILES string of the molecule is O=C(NCCOCCOCCCCCCCl)c1ccc(N2C(=O)C=CC2=O)cc1. The van der Waals surface area contributed by atoms with Crippen molar-refractivity contribution < 1.29 is 23.9 Å². The molecule has 0 saturated carbocycles. The van der Waals surface area contributed by atoms with Crippen LogP contribution < -0.4 is 10.2 Å². The third kappa shape index (κ3) is 7.97. The lowest BCUT2D eigenvalue weighted by atomic mass is 10.2. The highest BCUT2D eigenvalue weighted by atomic mass is 35.5. The van der Waals surface area contributed by atoms with E-state index in [9.17, 15) is 14.4 Å². The molecule has 0 saturated heterocycles. The first-order valence-electron chi connectivity index (χ1n) is 9.79. The summed E-state index contributed by atoms with van der Waals surface area (Å²) in [5, 5.41) is 2.76. The summed E-state index contributed by atoms with van der Waals surface area (Å²) >= 11 is 5.62. The molecule has 7 nitrogen and oxygen atoms in total. The second-order valence-corrected chi connectivity index (χ2v) is 6.85. The van der Waals surface area contributed by atoms with Crippen LogP contribution in [0.5, 0.6) is 0 Å². The molecule has 0 unspecified atom stereocenters. The Hall–Kier alpha value is -2.22. The summed E-state index contributed by atoms with van der Waals surface area (Å²) in [6.45, 7) is 2.52. The Balaban J connectivity index is 1.54. The number of rotatable bonds is 14. The van der Waals surface area contributed by atoms with Gasteiger partial charge in [-0.2, -0.15) is 0 Å². The number of nitrogens with zero attached hydrogens (tertiary/aromatic N) is 1. The van der Waals surface area contributed by atoms with Crippen molar-refractivity contribution >= 4 is 35.0 Å². The van der Waals surface area contributed by atoms with E-state index in [2.05, 4.69) is 5.32 Å². The number of amides is 3. The number of nitrogens with one attached hydrogen (secondary N) is 1. The van der Waals surface area contributed by atoms with Gasteiger partial charge in [-0.05, 0) is 37.1 Å². The van der Waals surface area contributed by atoms with E-state index in [1.807, 2.05) is 0 Å². The number of unbranched alkanes of at least 4 members (excludes halogenated alkanes) is 3. The molecule has 3 amide bonds. The summed E-state index contributed by atoms with van der Waals surface area (Å²) in [4.78, 5) is 36.5. The van der Waals surface area contributed by atoms with Gasteiger partial charge in [0.25, 0.3) is 17.7 Å². The first-order chi connectivity index (χ1) is 14.1. The molecule has 158 valence electrons. The summed E-state index contributed by atoms with van der Waals surface area (Å²) < 4.78 is 10.9. The summed E-state index contributed by atoms with van der Waals surface area (Å²) in [6, 6.07) is 6.29. The van der Waals surface area contributed by atoms with E-state index in [4.69, 9.17) is 21.1 Å². The molecule has 29 heavy (non-hydrogen) atoms. The highest BCUT2D eigenvalue weighted by Gasteiger charge is 2.25. The van der Waals surface area contributed by atoms with Gasteiger partial charge in [0.1, 0.15) is 0 Å². The minimum Gasteiger partial charge on any atom is -0.379 e. The monoisotopic (exact) mass is 422 g/mol. The van der Waals surface area contributed by atoms with Gasteiger partial charge in [-0.25, -0.2) is 4.90 Å². The van der Waals surface area contributed by atoms with Crippen LogP contribution in [0.4, 0.5) is 5.69 Å². The lowest BCUT2D eigenvalue weighted by Crippen LogP contribution is -2.30. The van der Waals surface area contributed by atoms with Gasteiger partial charge in [0.05, 0.1) is 25.5 Å². The smallest absolute Gasteiger partial charge is 0.258 e. The first kappa shape index (κ1) is 23.1. The van der Waals surface area contributed by atoms with Crippen molar-refractivity contribution in [2.24, 2.45) is 0 Å². The Morgan fingerprint density at radius 1 is 0.862 bits per heavy atom. The molecule has 1 aromatic carbocycles. The number of anilines is 1. The zero-order chi connectivity index (χ0) is 20.9. The van der Waals surface area contributed by atoms with Crippen LogP contribution >= 0.6 is 11.6 Å². The molecule has 2 rings (SSSR count). The maximum Gasteiger partial charge on any atom is 0.258 e. The van der Waals surface area contributed by atoms with Crippen molar-refractivity contribution in [2.45, 2.75) is 25.7 Å². The van der Waals surface area contributed by atoms with E-state index < -0.39 is 0 Å². The molecule has 1 aromatic rings. The highest BCUT2D eigenvalue weighted by Crippen LogP contribution is 2.19. The molecule has 1 aliphatic heterocycles. The van der Waals surface area contributed by atoms with Gasteiger partial charge in [0, 0.05) is 36.7 Å². The quantitative estimate of drug-likeness (QED) is 0.283. The number of hydrogen-bond acceptors (Lipinski definition) is 5. The molecule has 1 N–H and O–H groups in total. The molecule has 0 aromatic heterocycles. The van der Waals surface area contributed by atoms with Gasteiger partial charge in [-0.1, -0.05) is 12.8 Å². The van der Waals surface area contributed by atoms with E-state index in [0.717, 1.165) is 43.1 Å². The Labute approximate surface area is 176 Å². The Morgan fingerprint density at radius 2 is 1.48 bits per heavy atom. The maximum atomic E-state index is 12.1. The third-order valence-electron chi connectivity index (χ3n) is 4.27. The van der Waals surface area contributed by atoms with Crippen LogP contribution in [0, 0.1) is 0 Å².